The molecule has 3 heterocycles. The number of nitrogens with zero attached hydrogens (tertiary/aromatic N) is 4. The molecule has 1 aliphatic rings. The summed E-state index contributed by atoms with van der Waals surface area (Å²) in [4.78, 5) is 24.1. The molecule has 1 saturated heterocycles. The minimum absolute atomic E-state index is 0.00300. The number of hydrogen-bond acceptors (Lipinski definition) is 4. The van der Waals surface area contributed by atoms with Crippen molar-refractivity contribution in [3.05, 3.63) is 77.4 Å². The standard InChI is InChI=1S/C26H25ClN4O2/c1-18-16-19(27)9-10-24(18)33-17-25(32)30-14-11-20(12-15-30)31-23-8-3-2-6-21(23)29-26(31)22-7-4-5-13-28-22/h2-10,13,16,20H,11-12,14-15,17H2,1H3. The van der Waals surface area contributed by atoms with Gasteiger partial charge >= 0.3 is 0 Å². The molecule has 0 saturated carbocycles. The largest absolute Gasteiger partial charge is 0.483 e. The summed E-state index contributed by atoms with van der Waals surface area (Å²) in [6, 6.07) is 19.7. The number of likely N-dealkylation sites (tertiary alicyclic amines) is 1. The summed E-state index contributed by atoms with van der Waals surface area (Å²) >= 11 is 6.00. The van der Waals surface area contributed by atoms with Gasteiger partial charge in [0.25, 0.3) is 5.91 Å². The molecular formula is C26H25ClN4O2. The molecule has 0 spiro atoms. The highest BCUT2D eigenvalue weighted by Crippen LogP contribution is 2.32. The van der Waals surface area contributed by atoms with Crippen LogP contribution < -0.4 is 4.74 Å². The summed E-state index contributed by atoms with van der Waals surface area (Å²) in [5.41, 5.74) is 3.84. The second-order valence-corrected chi connectivity index (χ2v) is 8.76. The molecule has 2 aromatic carbocycles. The number of fused-ring (bicyclic) bond motifs is 1. The zero-order valence-corrected chi connectivity index (χ0v) is 19.2. The molecule has 168 valence electrons. The molecule has 2 aromatic heterocycles. The Labute approximate surface area is 197 Å². The molecule has 0 N–H and O–H groups in total. The first kappa shape index (κ1) is 21.5. The highest BCUT2D eigenvalue weighted by atomic mass is 35.5. The first-order valence-electron chi connectivity index (χ1n) is 11.2. The van der Waals surface area contributed by atoms with Gasteiger partial charge in [-0.1, -0.05) is 29.8 Å². The molecule has 33 heavy (non-hydrogen) atoms. The third-order valence-corrected chi connectivity index (χ3v) is 6.40. The van der Waals surface area contributed by atoms with Crippen LogP contribution in [-0.4, -0.2) is 45.0 Å². The van der Waals surface area contributed by atoms with Crippen LogP contribution in [-0.2, 0) is 4.79 Å². The van der Waals surface area contributed by atoms with Gasteiger partial charge in [-0.05, 0) is 67.8 Å². The van der Waals surface area contributed by atoms with Crippen LogP contribution in [0.15, 0.2) is 66.9 Å². The van der Waals surface area contributed by atoms with Crippen molar-refractivity contribution in [3.63, 3.8) is 0 Å². The van der Waals surface area contributed by atoms with Gasteiger partial charge in [-0.2, -0.15) is 0 Å². The molecule has 4 aromatic rings. The van der Waals surface area contributed by atoms with Gasteiger partial charge in [0.15, 0.2) is 12.4 Å². The highest BCUT2D eigenvalue weighted by molar-refractivity contribution is 6.30. The summed E-state index contributed by atoms with van der Waals surface area (Å²) in [6.07, 6.45) is 3.50. The number of aromatic nitrogens is 3. The molecule has 1 aliphatic heterocycles. The number of carbonyl (C=O) groups excluding carboxylic acids is 1. The van der Waals surface area contributed by atoms with Crippen molar-refractivity contribution >= 4 is 28.5 Å². The van der Waals surface area contributed by atoms with Gasteiger partial charge in [0.2, 0.25) is 0 Å². The molecule has 0 atom stereocenters. The minimum atomic E-state index is 0.00300. The van der Waals surface area contributed by atoms with E-state index in [1.54, 1.807) is 18.3 Å². The lowest BCUT2D eigenvalue weighted by Crippen LogP contribution is -2.41. The Kier molecular flexibility index (Phi) is 6.01. The molecule has 0 radical (unpaired) electrons. The van der Waals surface area contributed by atoms with E-state index >= 15 is 0 Å². The number of para-hydroxylation sites is 2. The molecule has 6 nitrogen and oxygen atoms in total. The second kappa shape index (κ2) is 9.24. The van der Waals surface area contributed by atoms with Crippen LogP contribution in [0.2, 0.25) is 5.02 Å². The Hall–Kier alpha value is -3.38. The number of ether oxygens (including phenoxy) is 1. The first-order chi connectivity index (χ1) is 16.1. The number of aryl methyl sites for hydroxylation is 1. The minimum Gasteiger partial charge on any atom is -0.483 e. The zero-order chi connectivity index (χ0) is 22.8. The Morgan fingerprint density at radius 2 is 1.88 bits per heavy atom. The quantitative estimate of drug-likeness (QED) is 0.405. The van der Waals surface area contributed by atoms with Crippen LogP contribution in [0.25, 0.3) is 22.6 Å². The predicted molar refractivity (Wildman–Crippen MR) is 129 cm³/mol. The lowest BCUT2D eigenvalue weighted by atomic mass is 10.0. The summed E-state index contributed by atoms with van der Waals surface area (Å²) in [5, 5.41) is 0.658. The van der Waals surface area contributed by atoms with Crippen LogP contribution in [0.1, 0.15) is 24.4 Å². The van der Waals surface area contributed by atoms with Crippen LogP contribution in [0, 0.1) is 6.92 Å². The fourth-order valence-corrected chi connectivity index (χ4v) is 4.70. The summed E-state index contributed by atoms with van der Waals surface area (Å²) in [7, 11) is 0. The number of halogens is 1. The first-order valence-corrected chi connectivity index (χ1v) is 11.5. The molecule has 1 fully saturated rings. The second-order valence-electron chi connectivity index (χ2n) is 8.32. The molecule has 7 heteroatoms. The number of pyridine rings is 1. The van der Waals surface area contributed by atoms with E-state index < -0.39 is 0 Å². The van der Waals surface area contributed by atoms with Gasteiger partial charge < -0.3 is 14.2 Å². The number of rotatable bonds is 5. The monoisotopic (exact) mass is 460 g/mol. The van der Waals surface area contributed by atoms with Crippen molar-refractivity contribution in [1.29, 1.82) is 0 Å². The van der Waals surface area contributed by atoms with Crippen LogP contribution in [0.5, 0.6) is 5.75 Å². The zero-order valence-electron chi connectivity index (χ0n) is 18.4. The Balaban J connectivity index is 1.30. The maximum atomic E-state index is 12.8. The predicted octanol–water partition coefficient (Wildman–Crippen LogP) is 5.30. The lowest BCUT2D eigenvalue weighted by molar-refractivity contribution is -0.134. The van der Waals surface area contributed by atoms with Crippen LogP contribution in [0.4, 0.5) is 0 Å². The number of benzene rings is 2. The summed E-state index contributed by atoms with van der Waals surface area (Å²) in [5.74, 6) is 1.57. The maximum Gasteiger partial charge on any atom is 0.260 e. The average molecular weight is 461 g/mol. The van der Waals surface area contributed by atoms with E-state index in [1.165, 1.54) is 0 Å². The Bertz CT molecular complexity index is 1280. The number of piperidine rings is 1. The van der Waals surface area contributed by atoms with Gasteiger partial charge in [-0.3, -0.25) is 9.78 Å². The number of carbonyl (C=O) groups is 1. The van der Waals surface area contributed by atoms with E-state index in [0.717, 1.165) is 41.0 Å². The fourth-order valence-electron chi connectivity index (χ4n) is 4.47. The molecular weight excluding hydrogens is 436 g/mol. The van der Waals surface area contributed by atoms with E-state index in [1.807, 2.05) is 54.3 Å². The topological polar surface area (TPSA) is 60.2 Å². The molecule has 0 bridgehead atoms. The van der Waals surface area contributed by atoms with E-state index in [0.29, 0.717) is 23.9 Å². The van der Waals surface area contributed by atoms with Crippen molar-refractivity contribution in [2.45, 2.75) is 25.8 Å². The normalized spacial score (nSPS) is 14.5. The van der Waals surface area contributed by atoms with E-state index in [9.17, 15) is 4.79 Å². The van der Waals surface area contributed by atoms with Crippen molar-refractivity contribution < 1.29 is 9.53 Å². The smallest absolute Gasteiger partial charge is 0.260 e. The SMILES string of the molecule is Cc1cc(Cl)ccc1OCC(=O)N1CCC(n2c(-c3ccccn3)nc3ccccc32)CC1. The molecule has 5 rings (SSSR count). The summed E-state index contributed by atoms with van der Waals surface area (Å²) in [6.45, 7) is 3.31. The number of amides is 1. The third kappa shape index (κ3) is 4.44. The van der Waals surface area contributed by atoms with Crippen molar-refractivity contribution in [3.8, 4) is 17.3 Å². The lowest BCUT2D eigenvalue weighted by Gasteiger charge is -2.33. The van der Waals surface area contributed by atoms with Gasteiger partial charge in [0.05, 0.1) is 11.0 Å². The van der Waals surface area contributed by atoms with Crippen molar-refractivity contribution in [1.82, 2.24) is 19.4 Å². The van der Waals surface area contributed by atoms with E-state index in [-0.39, 0.29) is 18.6 Å². The number of imidazole rings is 1. The fraction of sp³-hybridized carbons (Fsp3) is 0.269. The van der Waals surface area contributed by atoms with E-state index in [2.05, 4.69) is 15.6 Å². The Morgan fingerprint density at radius 3 is 2.64 bits per heavy atom. The van der Waals surface area contributed by atoms with Gasteiger partial charge in [0, 0.05) is 30.4 Å². The van der Waals surface area contributed by atoms with E-state index in [4.69, 9.17) is 21.3 Å². The summed E-state index contributed by atoms with van der Waals surface area (Å²) < 4.78 is 8.07. The molecule has 1 amide bonds. The number of hydrogen-bond donors (Lipinski definition) is 0. The third-order valence-electron chi connectivity index (χ3n) is 6.16. The van der Waals surface area contributed by atoms with Crippen LogP contribution in [0.3, 0.4) is 0 Å². The van der Waals surface area contributed by atoms with Gasteiger partial charge in [0.1, 0.15) is 11.4 Å². The highest BCUT2D eigenvalue weighted by Gasteiger charge is 2.27. The molecule has 0 unspecified atom stereocenters. The Morgan fingerprint density at radius 1 is 1.09 bits per heavy atom. The van der Waals surface area contributed by atoms with Crippen molar-refractivity contribution in [2.75, 3.05) is 19.7 Å². The van der Waals surface area contributed by atoms with Gasteiger partial charge in [-0.15, -0.1) is 0 Å². The van der Waals surface area contributed by atoms with Crippen molar-refractivity contribution in [2.24, 2.45) is 0 Å². The maximum absolute atomic E-state index is 12.8. The average Bonchev–Trinajstić information content (AvgIpc) is 3.24. The molecule has 0 aliphatic carbocycles. The van der Waals surface area contributed by atoms with Gasteiger partial charge in [-0.25, -0.2) is 4.98 Å². The van der Waals surface area contributed by atoms with Crippen LogP contribution >= 0.6 is 11.6 Å².